The second-order valence-corrected chi connectivity index (χ2v) is 5.26. The van der Waals surface area contributed by atoms with Gasteiger partial charge in [0.2, 0.25) is 5.95 Å². The molecule has 0 amide bonds. The molecule has 0 atom stereocenters. The van der Waals surface area contributed by atoms with Gasteiger partial charge in [-0.25, -0.2) is 9.97 Å². The van der Waals surface area contributed by atoms with Gasteiger partial charge in [-0.05, 0) is 18.2 Å². The van der Waals surface area contributed by atoms with Crippen LogP contribution in [0.4, 0.5) is 5.95 Å². The van der Waals surface area contributed by atoms with Crippen molar-refractivity contribution in [2.24, 2.45) is 0 Å². The Hall–Kier alpha value is -1.29. The number of aromatic nitrogens is 2. The van der Waals surface area contributed by atoms with E-state index in [1.165, 1.54) is 19.3 Å². The van der Waals surface area contributed by atoms with Gasteiger partial charge in [-0.2, -0.15) is 0 Å². The van der Waals surface area contributed by atoms with E-state index in [9.17, 15) is 0 Å². The van der Waals surface area contributed by atoms with Gasteiger partial charge in [-0.1, -0.05) is 38.0 Å². The van der Waals surface area contributed by atoms with E-state index in [-0.39, 0.29) is 0 Å². The summed E-state index contributed by atoms with van der Waals surface area (Å²) in [5.74, 6) is 1.82. The predicted molar refractivity (Wildman–Crippen MR) is 79.3 cm³/mol. The van der Waals surface area contributed by atoms with Crippen molar-refractivity contribution >= 4 is 28.6 Å². The molecule has 2 aromatic rings. The van der Waals surface area contributed by atoms with Crippen LogP contribution in [0.3, 0.4) is 0 Å². The van der Waals surface area contributed by atoms with Crippen molar-refractivity contribution in [1.29, 1.82) is 0 Å². The van der Waals surface area contributed by atoms with E-state index < -0.39 is 0 Å². The number of unbranched alkanes of at least 4 members (excludes halogenated alkanes) is 2. The highest BCUT2D eigenvalue weighted by Gasteiger charge is 2.06. The largest absolute Gasteiger partial charge is 0.357 e. The van der Waals surface area contributed by atoms with Crippen molar-refractivity contribution in [3.8, 4) is 0 Å². The molecule has 4 heteroatoms. The van der Waals surface area contributed by atoms with E-state index in [4.69, 9.17) is 0 Å². The molecule has 1 aromatic heterocycles. The summed E-state index contributed by atoms with van der Waals surface area (Å²) in [5, 5.41) is 5.26. The number of thioether (sulfide) groups is 1. The third-order valence-corrected chi connectivity index (χ3v) is 3.86. The van der Waals surface area contributed by atoms with E-state index in [1.54, 1.807) is 0 Å². The average molecular weight is 261 g/mol. The van der Waals surface area contributed by atoms with Gasteiger partial charge in [-0.3, -0.25) is 0 Å². The molecule has 3 nitrogen and oxygen atoms in total. The zero-order valence-electron chi connectivity index (χ0n) is 10.9. The molecule has 0 unspecified atom stereocenters. The summed E-state index contributed by atoms with van der Waals surface area (Å²) in [6.45, 7) is 2.23. The molecule has 0 radical (unpaired) electrons. The van der Waals surface area contributed by atoms with Gasteiger partial charge < -0.3 is 5.32 Å². The monoisotopic (exact) mass is 261 g/mol. The number of hydrogen-bond donors (Lipinski definition) is 1. The lowest BCUT2D eigenvalue weighted by Crippen LogP contribution is -1.98. The third-order valence-electron chi connectivity index (χ3n) is 2.78. The van der Waals surface area contributed by atoms with Crippen molar-refractivity contribution in [3.05, 3.63) is 24.3 Å². The summed E-state index contributed by atoms with van der Waals surface area (Å²) in [6, 6.07) is 8.19. The molecule has 0 bridgehead atoms. The maximum Gasteiger partial charge on any atom is 0.224 e. The molecule has 0 spiro atoms. The number of para-hydroxylation sites is 1. The van der Waals surface area contributed by atoms with Gasteiger partial charge >= 0.3 is 0 Å². The Kier molecular flexibility index (Phi) is 4.81. The van der Waals surface area contributed by atoms with Gasteiger partial charge in [0.15, 0.2) is 0 Å². The lowest BCUT2D eigenvalue weighted by Gasteiger charge is -2.07. The molecule has 0 aliphatic carbocycles. The zero-order valence-corrected chi connectivity index (χ0v) is 11.8. The zero-order chi connectivity index (χ0) is 12.8. The second kappa shape index (κ2) is 6.59. The summed E-state index contributed by atoms with van der Waals surface area (Å²) in [7, 11) is 1.86. The van der Waals surface area contributed by atoms with E-state index in [0.29, 0.717) is 5.95 Å². The van der Waals surface area contributed by atoms with Gasteiger partial charge in [-0.15, -0.1) is 11.8 Å². The third kappa shape index (κ3) is 3.13. The highest BCUT2D eigenvalue weighted by atomic mass is 32.2. The minimum absolute atomic E-state index is 0.701. The summed E-state index contributed by atoms with van der Waals surface area (Å²) in [5.41, 5.74) is 1.01. The van der Waals surface area contributed by atoms with Crippen molar-refractivity contribution in [2.45, 2.75) is 31.2 Å². The average Bonchev–Trinajstić information content (AvgIpc) is 2.43. The highest BCUT2D eigenvalue weighted by molar-refractivity contribution is 7.99. The van der Waals surface area contributed by atoms with E-state index in [0.717, 1.165) is 21.7 Å². The maximum atomic E-state index is 4.56. The molecule has 0 aliphatic heterocycles. The fourth-order valence-electron chi connectivity index (χ4n) is 1.79. The Labute approximate surface area is 112 Å². The van der Waals surface area contributed by atoms with E-state index >= 15 is 0 Å². The van der Waals surface area contributed by atoms with Crippen LogP contribution in [0.1, 0.15) is 26.2 Å². The smallest absolute Gasteiger partial charge is 0.224 e. The molecule has 1 aromatic carbocycles. The van der Waals surface area contributed by atoms with Crippen LogP contribution >= 0.6 is 11.8 Å². The van der Waals surface area contributed by atoms with Crippen LogP contribution < -0.4 is 5.32 Å². The summed E-state index contributed by atoms with van der Waals surface area (Å²) in [6.07, 6.45) is 3.79. The minimum atomic E-state index is 0.701. The Morgan fingerprint density at radius 3 is 2.78 bits per heavy atom. The van der Waals surface area contributed by atoms with Crippen LogP contribution in [-0.4, -0.2) is 22.8 Å². The van der Waals surface area contributed by atoms with Crippen LogP contribution in [-0.2, 0) is 0 Å². The molecule has 0 fully saturated rings. The molecule has 18 heavy (non-hydrogen) atoms. The molecular weight excluding hydrogens is 242 g/mol. The molecule has 1 heterocycles. The number of benzene rings is 1. The van der Waals surface area contributed by atoms with Crippen LogP contribution in [0, 0.1) is 0 Å². The normalized spacial score (nSPS) is 10.8. The Bertz CT molecular complexity index is 513. The highest BCUT2D eigenvalue weighted by Crippen LogP contribution is 2.27. The quantitative estimate of drug-likeness (QED) is 0.485. The number of nitrogens with zero attached hydrogens (tertiary/aromatic N) is 2. The van der Waals surface area contributed by atoms with Crippen molar-refractivity contribution < 1.29 is 0 Å². The molecule has 0 aliphatic rings. The predicted octanol–water partition coefficient (Wildman–Crippen LogP) is 3.95. The fourth-order valence-corrected chi connectivity index (χ4v) is 2.81. The summed E-state index contributed by atoms with van der Waals surface area (Å²) < 4.78 is 0. The summed E-state index contributed by atoms with van der Waals surface area (Å²) >= 11 is 1.83. The van der Waals surface area contributed by atoms with Crippen LogP contribution in [0.5, 0.6) is 0 Å². The fraction of sp³-hybridized carbons (Fsp3) is 0.429. The molecule has 0 saturated carbocycles. The first-order valence-corrected chi connectivity index (χ1v) is 7.41. The van der Waals surface area contributed by atoms with Gasteiger partial charge in [0.25, 0.3) is 0 Å². The van der Waals surface area contributed by atoms with Crippen LogP contribution in [0.25, 0.3) is 10.9 Å². The van der Waals surface area contributed by atoms with Crippen molar-refractivity contribution in [2.75, 3.05) is 18.1 Å². The molecule has 0 saturated heterocycles. The maximum absolute atomic E-state index is 4.56. The Balaban J connectivity index is 2.23. The molecule has 2 rings (SSSR count). The molecule has 1 N–H and O–H groups in total. The number of anilines is 1. The topological polar surface area (TPSA) is 37.8 Å². The van der Waals surface area contributed by atoms with Crippen LogP contribution in [0.2, 0.25) is 0 Å². The first kappa shape index (κ1) is 13.1. The first-order valence-electron chi connectivity index (χ1n) is 6.42. The standard InChI is InChI=1S/C14H19N3S/c1-3-4-7-10-18-13-11-8-5-6-9-12(11)16-14(15-2)17-13/h5-6,8-9H,3-4,7,10H2,1-2H3,(H,15,16,17). The van der Waals surface area contributed by atoms with Gasteiger partial charge in [0, 0.05) is 12.4 Å². The lowest BCUT2D eigenvalue weighted by atomic mass is 10.2. The first-order chi connectivity index (χ1) is 8.85. The molecular formula is C14H19N3S. The van der Waals surface area contributed by atoms with E-state index in [2.05, 4.69) is 28.3 Å². The number of nitrogens with one attached hydrogen (secondary N) is 1. The summed E-state index contributed by atoms with van der Waals surface area (Å²) in [4.78, 5) is 9.02. The molecule has 96 valence electrons. The Morgan fingerprint density at radius 1 is 1.17 bits per heavy atom. The minimum Gasteiger partial charge on any atom is -0.357 e. The Morgan fingerprint density at radius 2 is 2.00 bits per heavy atom. The number of rotatable bonds is 6. The SMILES string of the molecule is CCCCCSc1nc(NC)nc2ccccc12. The number of hydrogen-bond acceptors (Lipinski definition) is 4. The van der Waals surface area contributed by atoms with E-state index in [1.807, 2.05) is 37.0 Å². The lowest BCUT2D eigenvalue weighted by molar-refractivity contribution is 0.778. The van der Waals surface area contributed by atoms with Crippen LogP contribution in [0.15, 0.2) is 29.3 Å². The van der Waals surface area contributed by atoms with Gasteiger partial charge in [0.05, 0.1) is 5.52 Å². The van der Waals surface area contributed by atoms with Gasteiger partial charge in [0.1, 0.15) is 5.03 Å². The number of fused-ring (bicyclic) bond motifs is 1. The van der Waals surface area contributed by atoms with Crippen molar-refractivity contribution in [1.82, 2.24) is 9.97 Å². The second-order valence-electron chi connectivity index (χ2n) is 4.18. The van der Waals surface area contributed by atoms with Crippen molar-refractivity contribution in [3.63, 3.8) is 0 Å².